The minimum absolute atomic E-state index is 0.0420. The summed E-state index contributed by atoms with van der Waals surface area (Å²) in [6.45, 7) is 0. The molecule has 0 aliphatic carbocycles. The number of carbonyl (C=O) groups excluding carboxylic acids is 2. The fraction of sp³-hybridized carbons (Fsp3) is 0.300. The average molecular weight is 287 g/mol. The van der Waals surface area contributed by atoms with Gasteiger partial charge < -0.3 is 0 Å². The molecule has 9 heteroatoms. The number of halogens is 1. The lowest BCUT2D eigenvalue weighted by atomic mass is 10.1. The Kier molecular flexibility index (Phi) is 3.58. The topological polar surface area (TPSA) is 105 Å². The summed E-state index contributed by atoms with van der Waals surface area (Å²) in [5, 5.41) is 2.02. The Labute approximate surface area is 108 Å². The maximum Gasteiger partial charge on any atom is 0.244 e. The van der Waals surface area contributed by atoms with Gasteiger partial charge in [-0.05, 0) is 12.5 Å². The van der Waals surface area contributed by atoms with Crippen molar-refractivity contribution < 1.29 is 22.4 Å². The van der Waals surface area contributed by atoms with Crippen LogP contribution in [0.3, 0.4) is 0 Å². The molecule has 1 aliphatic heterocycles. The van der Waals surface area contributed by atoms with E-state index >= 15 is 0 Å². The lowest BCUT2D eigenvalue weighted by molar-refractivity contribution is -0.134. The third kappa shape index (κ3) is 3.12. The number of rotatable bonds is 3. The van der Waals surface area contributed by atoms with E-state index in [2.05, 4.69) is 9.71 Å². The van der Waals surface area contributed by atoms with Crippen molar-refractivity contribution in [3.8, 4) is 0 Å². The predicted octanol–water partition coefficient (Wildman–Crippen LogP) is -0.696. The summed E-state index contributed by atoms with van der Waals surface area (Å²) in [5.41, 5.74) is 0. The molecule has 0 saturated carbocycles. The molecule has 1 aliphatic rings. The van der Waals surface area contributed by atoms with Gasteiger partial charge in [0.15, 0.2) is 0 Å². The average Bonchev–Trinajstić information content (AvgIpc) is 2.33. The molecule has 0 radical (unpaired) electrons. The molecule has 102 valence electrons. The van der Waals surface area contributed by atoms with Crippen LogP contribution in [0.25, 0.3) is 0 Å². The molecular weight excluding hydrogens is 277 g/mol. The van der Waals surface area contributed by atoms with E-state index in [-0.39, 0.29) is 17.7 Å². The zero-order valence-corrected chi connectivity index (χ0v) is 10.4. The number of pyridine rings is 1. The van der Waals surface area contributed by atoms with Crippen molar-refractivity contribution in [2.24, 2.45) is 0 Å². The van der Waals surface area contributed by atoms with E-state index in [1.54, 1.807) is 0 Å². The van der Waals surface area contributed by atoms with Crippen molar-refractivity contribution in [3.63, 3.8) is 0 Å². The van der Waals surface area contributed by atoms with Gasteiger partial charge in [-0.15, -0.1) is 0 Å². The summed E-state index contributed by atoms with van der Waals surface area (Å²) in [6, 6.07) is -0.257. The molecular formula is C10H10FN3O4S. The first-order valence-corrected chi connectivity index (χ1v) is 6.83. The fourth-order valence-corrected chi connectivity index (χ4v) is 2.80. The number of carbonyl (C=O) groups is 2. The Bertz CT molecular complexity index is 631. The van der Waals surface area contributed by atoms with Gasteiger partial charge in [-0.1, -0.05) is 0 Å². The van der Waals surface area contributed by atoms with Crippen LogP contribution >= 0.6 is 0 Å². The van der Waals surface area contributed by atoms with Crippen LogP contribution in [0.2, 0.25) is 0 Å². The second-order valence-corrected chi connectivity index (χ2v) is 5.68. The van der Waals surface area contributed by atoms with Crippen molar-refractivity contribution in [2.45, 2.75) is 23.8 Å². The second kappa shape index (κ2) is 5.02. The van der Waals surface area contributed by atoms with Crippen molar-refractivity contribution in [2.75, 3.05) is 0 Å². The molecule has 2 rings (SSSR count). The number of hydrogen-bond acceptors (Lipinski definition) is 5. The van der Waals surface area contributed by atoms with Crippen molar-refractivity contribution in [3.05, 3.63) is 24.3 Å². The van der Waals surface area contributed by atoms with Crippen LogP contribution < -0.4 is 10.0 Å². The van der Waals surface area contributed by atoms with Gasteiger partial charge in [0.1, 0.15) is 16.8 Å². The smallest absolute Gasteiger partial charge is 0.244 e. The SMILES string of the molecule is O=C1CCC(NS(=O)(=O)c2cncc(F)c2)C(=O)N1. The summed E-state index contributed by atoms with van der Waals surface area (Å²) < 4.78 is 38.8. The Morgan fingerprint density at radius 2 is 2.11 bits per heavy atom. The van der Waals surface area contributed by atoms with E-state index in [1.807, 2.05) is 5.32 Å². The lowest BCUT2D eigenvalue weighted by Crippen LogP contribution is -2.52. The Balaban J connectivity index is 2.18. The number of imide groups is 1. The molecule has 1 fully saturated rings. The highest BCUT2D eigenvalue weighted by Crippen LogP contribution is 2.12. The summed E-state index contributed by atoms with van der Waals surface area (Å²) in [5.74, 6) is -1.97. The van der Waals surface area contributed by atoms with Crippen LogP contribution in [-0.4, -0.2) is 31.3 Å². The number of nitrogens with zero attached hydrogens (tertiary/aromatic N) is 1. The zero-order chi connectivity index (χ0) is 14.0. The number of hydrogen-bond donors (Lipinski definition) is 2. The van der Waals surface area contributed by atoms with Gasteiger partial charge in [-0.25, -0.2) is 12.8 Å². The van der Waals surface area contributed by atoms with E-state index in [0.29, 0.717) is 0 Å². The third-order valence-corrected chi connectivity index (χ3v) is 3.97. The van der Waals surface area contributed by atoms with Gasteiger partial charge in [0.2, 0.25) is 21.8 Å². The maximum atomic E-state index is 12.9. The van der Waals surface area contributed by atoms with Gasteiger partial charge in [0, 0.05) is 12.6 Å². The summed E-state index contributed by atoms with van der Waals surface area (Å²) >= 11 is 0. The van der Waals surface area contributed by atoms with Crippen LogP contribution in [0.15, 0.2) is 23.4 Å². The van der Waals surface area contributed by atoms with Gasteiger partial charge in [-0.2, -0.15) is 4.72 Å². The number of amides is 2. The molecule has 1 unspecified atom stereocenters. The number of sulfonamides is 1. The maximum absolute atomic E-state index is 12.9. The van der Waals surface area contributed by atoms with E-state index in [1.165, 1.54) is 0 Å². The number of aromatic nitrogens is 1. The molecule has 0 spiro atoms. The quantitative estimate of drug-likeness (QED) is 0.715. The lowest BCUT2D eigenvalue weighted by Gasteiger charge is -2.21. The van der Waals surface area contributed by atoms with Gasteiger partial charge in [-0.3, -0.25) is 19.9 Å². The van der Waals surface area contributed by atoms with Crippen molar-refractivity contribution in [1.82, 2.24) is 15.0 Å². The van der Waals surface area contributed by atoms with Gasteiger partial charge >= 0.3 is 0 Å². The molecule has 2 amide bonds. The zero-order valence-electron chi connectivity index (χ0n) is 9.59. The van der Waals surface area contributed by atoms with Crippen LogP contribution in [0.4, 0.5) is 4.39 Å². The van der Waals surface area contributed by atoms with Crippen LogP contribution in [0.1, 0.15) is 12.8 Å². The monoisotopic (exact) mass is 287 g/mol. The van der Waals surface area contributed by atoms with Crippen LogP contribution in [0, 0.1) is 5.82 Å². The highest BCUT2D eigenvalue weighted by Gasteiger charge is 2.30. The summed E-state index contributed by atoms with van der Waals surface area (Å²) in [4.78, 5) is 25.4. The molecule has 2 heterocycles. The molecule has 2 N–H and O–H groups in total. The first-order valence-electron chi connectivity index (χ1n) is 5.35. The second-order valence-electron chi connectivity index (χ2n) is 3.96. The van der Waals surface area contributed by atoms with Crippen molar-refractivity contribution >= 4 is 21.8 Å². The van der Waals surface area contributed by atoms with E-state index < -0.39 is 33.7 Å². The van der Waals surface area contributed by atoms with Crippen molar-refractivity contribution in [1.29, 1.82) is 0 Å². The Morgan fingerprint density at radius 3 is 2.74 bits per heavy atom. The van der Waals surface area contributed by atoms with E-state index in [0.717, 1.165) is 18.5 Å². The Morgan fingerprint density at radius 1 is 1.37 bits per heavy atom. The van der Waals surface area contributed by atoms with E-state index in [4.69, 9.17) is 0 Å². The molecule has 1 aromatic rings. The standard InChI is InChI=1S/C10H10FN3O4S/c11-6-3-7(5-12-4-6)19(17,18)14-8-1-2-9(15)13-10(8)16/h3-5,8,14H,1-2H2,(H,13,15,16). The molecule has 0 bridgehead atoms. The molecule has 0 aromatic carbocycles. The first kappa shape index (κ1) is 13.6. The van der Waals surface area contributed by atoms with Crippen LogP contribution in [0.5, 0.6) is 0 Å². The Hall–Kier alpha value is -1.87. The molecule has 1 atom stereocenters. The molecule has 1 aromatic heterocycles. The summed E-state index contributed by atoms with van der Waals surface area (Å²) in [7, 11) is -4.06. The minimum Gasteiger partial charge on any atom is -0.295 e. The molecule has 1 saturated heterocycles. The van der Waals surface area contributed by atoms with Gasteiger partial charge in [0.05, 0.1) is 6.20 Å². The normalized spacial score (nSPS) is 20.2. The number of piperidine rings is 1. The highest BCUT2D eigenvalue weighted by atomic mass is 32.2. The van der Waals surface area contributed by atoms with Crippen LogP contribution in [-0.2, 0) is 19.6 Å². The summed E-state index contributed by atoms with van der Waals surface area (Å²) in [6.07, 6.45) is 1.94. The minimum atomic E-state index is -4.06. The predicted molar refractivity (Wildman–Crippen MR) is 60.7 cm³/mol. The highest BCUT2D eigenvalue weighted by molar-refractivity contribution is 7.89. The first-order chi connectivity index (χ1) is 8.88. The van der Waals surface area contributed by atoms with E-state index in [9.17, 15) is 22.4 Å². The third-order valence-electron chi connectivity index (χ3n) is 2.53. The molecule has 19 heavy (non-hydrogen) atoms. The fourth-order valence-electron chi connectivity index (χ4n) is 1.60. The largest absolute Gasteiger partial charge is 0.295 e. The molecule has 7 nitrogen and oxygen atoms in total. The number of nitrogens with one attached hydrogen (secondary N) is 2. The van der Waals surface area contributed by atoms with Gasteiger partial charge in [0.25, 0.3) is 0 Å².